The normalized spacial score (nSPS) is 30.9. The number of amides is 1. The maximum atomic E-state index is 12.1. The van der Waals surface area contributed by atoms with Gasteiger partial charge in [0.05, 0.1) is 18.1 Å². The van der Waals surface area contributed by atoms with E-state index in [1.165, 1.54) is 0 Å². The molecule has 0 aromatic rings. The quantitative estimate of drug-likeness (QED) is 0.318. The van der Waals surface area contributed by atoms with Crippen LogP contribution in [0.15, 0.2) is 4.99 Å². The second kappa shape index (κ2) is 8.14. The van der Waals surface area contributed by atoms with Gasteiger partial charge in [0.2, 0.25) is 5.91 Å². The monoisotopic (exact) mass is 331 g/mol. The second-order valence-electron chi connectivity index (χ2n) is 5.95. The molecule has 1 saturated carbocycles. The summed E-state index contributed by atoms with van der Waals surface area (Å²) in [4.78, 5) is 27.6. The van der Waals surface area contributed by atoms with Crippen molar-refractivity contribution in [2.24, 2.45) is 34.2 Å². The standard InChI is InChI=1S/C15H28N4O4/c1-4-8(5-2)12(18-7(3)20)11-10(19-15(16)17)6-9(13(11)21)14(22)23/h8-13,21H,4-6H2,1-3H3,(H,18,20)(H,22,23)(H4,16,17,19)/t9-,10+,11+,12-,13+/m1/s1/i3D3. The zero-order valence-corrected chi connectivity index (χ0v) is 13.4. The highest BCUT2D eigenvalue weighted by Gasteiger charge is 2.50. The zero-order valence-electron chi connectivity index (χ0n) is 16.4. The van der Waals surface area contributed by atoms with E-state index in [1.54, 1.807) is 0 Å². The predicted molar refractivity (Wildman–Crippen MR) is 86.5 cm³/mol. The first-order valence-electron chi connectivity index (χ1n) is 9.24. The summed E-state index contributed by atoms with van der Waals surface area (Å²) in [5.41, 5.74) is 10.9. The molecule has 1 amide bonds. The molecule has 8 heteroatoms. The fourth-order valence-electron chi connectivity index (χ4n) is 3.56. The Hall–Kier alpha value is -1.83. The molecule has 1 rings (SSSR count). The molecule has 0 radical (unpaired) electrons. The van der Waals surface area contributed by atoms with Gasteiger partial charge in [-0.15, -0.1) is 0 Å². The van der Waals surface area contributed by atoms with Crippen molar-refractivity contribution < 1.29 is 23.9 Å². The van der Waals surface area contributed by atoms with Crippen LogP contribution in [0.4, 0.5) is 0 Å². The van der Waals surface area contributed by atoms with Gasteiger partial charge in [0, 0.05) is 22.9 Å². The molecule has 0 aromatic carbocycles. The third-order valence-corrected chi connectivity index (χ3v) is 4.65. The van der Waals surface area contributed by atoms with Crippen LogP contribution in [0, 0.1) is 17.8 Å². The molecule has 1 fully saturated rings. The lowest BCUT2D eigenvalue weighted by Gasteiger charge is -2.35. The van der Waals surface area contributed by atoms with Crippen molar-refractivity contribution in [3.8, 4) is 0 Å². The Morgan fingerprint density at radius 2 is 2.00 bits per heavy atom. The number of rotatable bonds is 7. The number of nitrogens with one attached hydrogen (secondary N) is 1. The van der Waals surface area contributed by atoms with Crippen LogP contribution in [-0.2, 0) is 9.59 Å². The maximum Gasteiger partial charge on any atom is 0.309 e. The van der Waals surface area contributed by atoms with E-state index in [0.717, 1.165) is 0 Å². The smallest absolute Gasteiger partial charge is 0.309 e. The lowest BCUT2D eigenvalue weighted by Crippen LogP contribution is -2.51. The molecule has 0 aliphatic heterocycles. The van der Waals surface area contributed by atoms with E-state index >= 15 is 0 Å². The number of nitrogens with two attached hydrogens (primary N) is 2. The number of aliphatic hydroxyl groups is 1. The number of hydrogen-bond donors (Lipinski definition) is 5. The topological polar surface area (TPSA) is 151 Å². The minimum atomic E-state index is -2.86. The van der Waals surface area contributed by atoms with Gasteiger partial charge in [0.25, 0.3) is 0 Å². The number of nitrogens with zero attached hydrogens (tertiary/aromatic N) is 1. The molecule has 5 atom stereocenters. The fourth-order valence-corrected chi connectivity index (χ4v) is 3.56. The number of aliphatic hydroxyl groups excluding tert-OH is 1. The average Bonchev–Trinajstić information content (AvgIpc) is 2.82. The minimum absolute atomic E-state index is 0.000641. The Morgan fingerprint density at radius 3 is 2.43 bits per heavy atom. The maximum absolute atomic E-state index is 12.1. The van der Waals surface area contributed by atoms with Gasteiger partial charge in [0.1, 0.15) is 0 Å². The summed E-state index contributed by atoms with van der Waals surface area (Å²) in [6.07, 6.45) is -0.127. The highest BCUT2D eigenvalue weighted by molar-refractivity contribution is 5.76. The third-order valence-electron chi connectivity index (χ3n) is 4.65. The van der Waals surface area contributed by atoms with E-state index in [9.17, 15) is 19.8 Å². The molecule has 23 heavy (non-hydrogen) atoms. The van der Waals surface area contributed by atoms with Crippen molar-refractivity contribution >= 4 is 17.8 Å². The van der Waals surface area contributed by atoms with Crippen LogP contribution in [0.2, 0.25) is 0 Å². The SMILES string of the molecule is [2H]C([2H])([2H])C(=O)N[C@H](C(CC)CC)[C@H]1[C@@H](O)[C@H](C(=O)O)C[C@@H]1N=C(N)N. The van der Waals surface area contributed by atoms with Crippen molar-refractivity contribution in [2.45, 2.75) is 58.1 Å². The third kappa shape index (κ3) is 4.57. The number of carbonyl (C=O) groups is 2. The number of aliphatic imine (C=N–C) groups is 1. The lowest BCUT2D eigenvalue weighted by atomic mass is 9.80. The number of aliphatic carboxylic acids is 1. The van der Waals surface area contributed by atoms with Crippen molar-refractivity contribution in [2.75, 3.05) is 0 Å². The van der Waals surface area contributed by atoms with Crippen LogP contribution in [-0.4, -0.2) is 46.2 Å². The van der Waals surface area contributed by atoms with Crippen LogP contribution in [0.5, 0.6) is 0 Å². The Morgan fingerprint density at radius 1 is 1.39 bits per heavy atom. The van der Waals surface area contributed by atoms with E-state index in [-0.39, 0.29) is 18.3 Å². The van der Waals surface area contributed by atoms with Crippen LogP contribution in [0.25, 0.3) is 0 Å². The molecule has 0 bridgehead atoms. The highest BCUT2D eigenvalue weighted by atomic mass is 16.4. The number of guanidine groups is 1. The van der Waals surface area contributed by atoms with E-state index in [1.807, 2.05) is 13.8 Å². The average molecular weight is 331 g/mol. The molecule has 7 N–H and O–H groups in total. The summed E-state index contributed by atoms with van der Waals surface area (Å²) >= 11 is 0. The minimum Gasteiger partial charge on any atom is -0.481 e. The van der Waals surface area contributed by atoms with Gasteiger partial charge in [-0.1, -0.05) is 26.7 Å². The summed E-state index contributed by atoms with van der Waals surface area (Å²) < 4.78 is 21.8. The van der Waals surface area contributed by atoms with Crippen molar-refractivity contribution in [1.82, 2.24) is 5.32 Å². The van der Waals surface area contributed by atoms with Gasteiger partial charge < -0.3 is 27.0 Å². The summed E-state index contributed by atoms with van der Waals surface area (Å²) in [5, 5.41) is 22.4. The van der Waals surface area contributed by atoms with Crippen LogP contribution >= 0.6 is 0 Å². The number of carbonyl (C=O) groups excluding carboxylic acids is 1. The lowest BCUT2D eigenvalue weighted by molar-refractivity contribution is -0.145. The van der Waals surface area contributed by atoms with Crippen LogP contribution < -0.4 is 16.8 Å². The van der Waals surface area contributed by atoms with Gasteiger partial charge in [-0.2, -0.15) is 0 Å². The summed E-state index contributed by atoms with van der Waals surface area (Å²) in [5.74, 6) is -4.69. The van der Waals surface area contributed by atoms with Crippen LogP contribution in [0.3, 0.4) is 0 Å². The van der Waals surface area contributed by atoms with Crippen LogP contribution in [0.1, 0.15) is 44.1 Å². The fraction of sp³-hybridized carbons (Fsp3) is 0.800. The molecule has 0 spiro atoms. The first-order chi connectivity index (χ1) is 11.9. The first-order valence-corrected chi connectivity index (χ1v) is 7.74. The van der Waals surface area contributed by atoms with Gasteiger partial charge in [-0.25, -0.2) is 4.99 Å². The summed E-state index contributed by atoms with van der Waals surface area (Å²) in [7, 11) is 0. The van der Waals surface area contributed by atoms with Crippen molar-refractivity contribution in [3.63, 3.8) is 0 Å². The summed E-state index contributed by atoms with van der Waals surface area (Å²) in [6, 6.07) is -1.51. The molecule has 0 aromatic heterocycles. The molecule has 1 aliphatic rings. The molecule has 8 nitrogen and oxygen atoms in total. The van der Waals surface area contributed by atoms with Gasteiger partial charge >= 0.3 is 5.97 Å². The summed E-state index contributed by atoms with van der Waals surface area (Å²) in [6.45, 7) is 0.883. The van der Waals surface area contributed by atoms with Crippen molar-refractivity contribution in [1.29, 1.82) is 0 Å². The number of carboxylic acids is 1. The molecular weight excluding hydrogens is 300 g/mol. The van der Waals surface area contributed by atoms with E-state index < -0.39 is 48.8 Å². The molecule has 132 valence electrons. The molecule has 1 aliphatic carbocycles. The second-order valence-corrected chi connectivity index (χ2v) is 5.95. The Kier molecular flexibility index (Phi) is 5.22. The molecule has 0 unspecified atom stereocenters. The Labute approximate surface area is 140 Å². The van der Waals surface area contributed by atoms with E-state index in [4.69, 9.17) is 15.6 Å². The molecular formula is C15H28N4O4. The largest absolute Gasteiger partial charge is 0.481 e. The van der Waals surface area contributed by atoms with Gasteiger partial charge in [0.15, 0.2) is 5.96 Å². The first kappa shape index (κ1) is 14.7. The van der Waals surface area contributed by atoms with Gasteiger partial charge in [-0.3, -0.25) is 9.59 Å². The molecule has 0 heterocycles. The van der Waals surface area contributed by atoms with Crippen molar-refractivity contribution in [3.05, 3.63) is 0 Å². The van der Waals surface area contributed by atoms with Gasteiger partial charge in [-0.05, 0) is 12.3 Å². The molecule has 0 saturated heterocycles. The van der Waals surface area contributed by atoms with E-state index in [2.05, 4.69) is 10.3 Å². The predicted octanol–water partition coefficient (Wildman–Crippen LogP) is -0.349. The van der Waals surface area contributed by atoms with E-state index in [0.29, 0.717) is 12.8 Å². The highest BCUT2D eigenvalue weighted by Crippen LogP contribution is 2.39. The number of hydrogen-bond acceptors (Lipinski definition) is 4. The Bertz CT molecular complexity index is 547. The number of carboxylic acid groups (broad SMARTS) is 1. The zero-order chi connectivity index (χ0) is 20.2. The Balaban J connectivity index is 3.31.